The Balaban J connectivity index is 1.96. The minimum atomic E-state index is -4.54. The molecule has 6 nitrogen and oxygen atoms in total. The Morgan fingerprint density at radius 3 is 2.60 bits per heavy atom. The lowest BCUT2D eigenvalue weighted by Gasteiger charge is -2.16. The molecule has 0 bridgehead atoms. The number of anilines is 1. The molecule has 3 N–H and O–H groups in total. The van der Waals surface area contributed by atoms with Crippen molar-refractivity contribution in [3.8, 4) is 0 Å². The number of nitrogens with two attached hydrogens (primary N) is 1. The molecule has 0 aliphatic rings. The third-order valence-corrected chi connectivity index (χ3v) is 3.37. The normalized spacial score (nSPS) is 12.6. The van der Waals surface area contributed by atoms with E-state index in [2.05, 4.69) is 5.32 Å². The number of benzene rings is 1. The standard InChI is InChI=1S/C16H15F3N2O4/c17-16(18,19)10-3-1-4-11(7-10)21-14(22)8-13(15(23)24)20-9-12-5-2-6-25-12/h1-7,13,20H,8-9H2,(H,21,22)(H,23,24)/t13-/m0/s1. The minimum Gasteiger partial charge on any atom is -0.544 e. The smallest absolute Gasteiger partial charge is 0.416 e. The summed E-state index contributed by atoms with van der Waals surface area (Å²) in [6, 6.07) is 6.17. The number of quaternary nitrogens is 1. The molecule has 0 saturated carbocycles. The maximum Gasteiger partial charge on any atom is 0.416 e. The summed E-state index contributed by atoms with van der Waals surface area (Å²) in [5, 5.41) is 14.7. The van der Waals surface area contributed by atoms with E-state index in [1.54, 1.807) is 12.1 Å². The van der Waals surface area contributed by atoms with Crippen molar-refractivity contribution in [1.29, 1.82) is 0 Å². The van der Waals surface area contributed by atoms with E-state index in [-0.39, 0.29) is 12.2 Å². The summed E-state index contributed by atoms with van der Waals surface area (Å²) in [4.78, 5) is 23.1. The Morgan fingerprint density at radius 2 is 2.00 bits per heavy atom. The molecule has 1 amide bonds. The Bertz CT molecular complexity index is 729. The summed E-state index contributed by atoms with van der Waals surface area (Å²) in [7, 11) is 0. The van der Waals surface area contributed by atoms with E-state index >= 15 is 0 Å². The molecule has 2 aromatic rings. The van der Waals surface area contributed by atoms with Gasteiger partial charge in [0.1, 0.15) is 12.6 Å². The molecular formula is C16H15F3N2O4. The fourth-order valence-corrected chi connectivity index (χ4v) is 2.14. The van der Waals surface area contributed by atoms with E-state index in [0.717, 1.165) is 18.2 Å². The molecule has 9 heteroatoms. The van der Waals surface area contributed by atoms with E-state index in [1.807, 2.05) is 0 Å². The van der Waals surface area contributed by atoms with E-state index in [9.17, 15) is 27.9 Å². The average Bonchev–Trinajstić information content (AvgIpc) is 3.04. The molecule has 1 heterocycles. The molecule has 134 valence electrons. The van der Waals surface area contributed by atoms with Crippen LogP contribution in [0.4, 0.5) is 18.9 Å². The number of halogens is 3. The van der Waals surface area contributed by atoms with E-state index < -0.39 is 36.1 Å². The van der Waals surface area contributed by atoms with Gasteiger partial charge in [-0.05, 0) is 30.3 Å². The number of carbonyl (C=O) groups excluding carboxylic acids is 2. The minimum absolute atomic E-state index is 0.0667. The lowest BCUT2D eigenvalue weighted by Crippen LogP contribution is -2.92. The van der Waals surface area contributed by atoms with Crippen LogP contribution in [0.1, 0.15) is 17.7 Å². The second-order valence-electron chi connectivity index (χ2n) is 5.28. The molecule has 0 radical (unpaired) electrons. The number of carbonyl (C=O) groups is 2. The van der Waals surface area contributed by atoms with Gasteiger partial charge in [0.2, 0.25) is 5.91 Å². The van der Waals surface area contributed by atoms with Crippen LogP contribution in [0, 0.1) is 0 Å². The Morgan fingerprint density at radius 1 is 1.24 bits per heavy atom. The molecule has 1 aromatic heterocycles. The predicted molar refractivity (Wildman–Crippen MR) is 77.8 cm³/mol. The highest BCUT2D eigenvalue weighted by atomic mass is 19.4. The molecular weight excluding hydrogens is 341 g/mol. The molecule has 0 spiro atoms. The summed E-state index contributed by atoms with van der Waals surface area (Å²) in [6.45, 7) is 0.183. The first-order valence-corrected chi connectivity index (χ1v) is 7.29. The third kappa shape index (κ3) is 5.64. The van der Waals surface area contributed by atoms with Crippen LogP contribution >= 0.6 is 0 Å². The van der Waals surface area contributed by atoms with Crippen LogP contribution in [-0.4, -0.2) is 17.9 Å². The fourth-order valence-electron chi connectivity index (χ4n) is 2.14. The molecule has 0 aliphatic carbocycles. The Labute approximate surface area is 140 Å². The topological polar surface area (TPSA) is 99.0 Å². The van der Waals surface area contributed by atoms with Gasteiger partial charge in [-0.2, -0.15) is 13.2 Å². The SMILES string of the molecule is O=C(C[C@H]([NH2+]Cc1ccco1)C(=O)[O-])Nc1cccc(C(F)(F)F)c1. The van der Waals surface area contributed by atoms with Crippen molar-refractivity contribution in [2.75, 3.05) is 5.32 Å². The number of nitrogens with one attached hydrogen (secondary N) is 1. The van der Waals surface area contributed by atoms with Gasteiger partial charge < -0.3 is 25.0 Å². The van der Waals surface area contributed by atoms with Crippen molar-refractivity contribution in [2.24, 2.45) is 0 Å². The summed E-state index contributed by atoms with van der Waals surface area (Å²) < 4.78 is 43.0. The van der Waals surface area contributed by atoms with Crippen molar-refractivity contribution in [1.82, 2.24) is 0 Å². The van der Waals surface area contributed by atoms with E-state index in [0.29, 0.717) is 5.76 Å². The van der Waals surface area contributed by atoms with Crippen LogP contribution in [0.25, 0.3) is 0 Å². The first-order valence-electron chi connectivity index (χ1n) is 7.29. The average molecular weight is 356 g/mol. The molecule has 0 aliphatic heterocycles. The van der Waals surface area contributed by atoms with Gasteiger partial charge in [0.15, 0.2) is 5.76 Å². The number of alkyl halides is 3. The van der Waals surface area contributed by atoms with Gasteiger partial charge >= 0.3 is 6.18 Å². The number of carboxylic acid groups (broad SMARTS) is 1. The van der Waals surface area contributed by atoms with Crippen molar-refractivity contribution < 1.29 is 37.6 Å². The zero-order valence-corrected chi connectivity index (χ0v) is 12.9. The van der Waals surface area contributed by atoms with E-state index in [1.165, 1.54) is 17.6 Å². The summed E-state index contributed by atoms with van der Waals surface area (Å²) in [5.74, 6) is -1.67. The van der Waals surface area contributed by atoms with Crippen LogP contribution < -0.4 is 15.7 Å². The number of carboxylic acids is 1. The largest absolute Gasteiger partial charge is 0.544 e. The van der Waals surface area contributed by atoms with Gasteiger partial charge in [-0.3, -0.25) is 4.79 Å². The Hall–Kier alpha value is -2.81. The highest BCUT2D eigenvalue weighted by Gasteiger charge is 2.30. The van der Waals surface area contributed by atoms with Gasteiger partial charge in [-0.25, -0.2) is 0 Å². The molecule has 1 aromatic carbocycles. The van der Waals surface area contributed by atoms with Crippen LogP contribution in [0.15, 0.2) is 47.1 Å². The number of amides is 1. The maximum absolute atomic E-state index is 12.6. The van der Waals surface area contributed by atoms with Crippen LogP contribution in [-0.2, 0) is 22.3 Å². The molecule has 2 rings (SSSR count). The number of hydrogen-bond donors (Lipinski definition) is 2. The molecule has 1 atom stereocenters. The quantitative estimate of drug-likeness (QED) is 0.755. The van der Waals surface area contributed by atoms with Gasteiger partial charge in [0, 0.05) is 5.69 Å². The lowest BCUT2D eigenvalue weighted by molar-refractivity contribution is -0.698. The van der Waals surface area contributed by atoms with Crippen LogP contribution in [0.3, 0.4) is 0 Å². The molecule has 0 saturated heterocycles. The van der Waals surface area contributed by atoms with Gasteiger partial charge in [0.05, 0.1) is 24.2 Å². The highest BCUT2D eigenvalue weighted by molar-refractivity contribution is 5.93. The van der Waals surface area contributed by atoms with Gasteiger partial charge in [-0.15, -0.1) is 0 Å². The van der Waals surface area contributed by atoms with Crippen molar-refractivity contribution in [3.63, 3.8) is 0 Å². The predicted octanol–water partition coefficient (Wildman–Crippen LogP) is 0.509. The summed E-state index contributed by atoms with van der Waals surface area (Å²) >= 11 is 0. The monoisotopic (exact) mass is 356 g/mol. The number of hydrogen-bond acceptors (Lipinski definition) is 4. The van der Waals surface area contributed by atoms with Crippen LogP contribution in [0.2, 0.25) is 0 Å². The van der Waals surface area contributed by atoms with Crippen LogP contribution in [0.5, 0.6) is 0 Å². The summed E-state index contributed by atoms with van der Waals surface area (Å²) in [5.41, 5.74) is -0.978. The van der Waals surface area contributed by atoms with Gasteiger partial charge in [0.25, 0.3) is 0 Å². The zero-order chi connectivity index (χ0) is 18.4. The van der Waals surface area contributed by atoms with Crippen molar-refractivity contribution in [2.45, 2.75) is 25.2 Å². The summed E-state index contributed by atoms with van der Waals surface area (Å²) in [6.07, 6.45) is -3.57. The fraction of sp³-hybridized carbons (Fsp3) is 0.250. The van der Waals surface area contributed by atoms with Gasteiger partial charge in [-0.1, -0.05) is 6.07 Å². The lowest BCUT2D eigenvalue weighted by atomic mass is 10.1. The van der Waals surface area contributed by atoms with E-state index in [4.69, 9.17) is 4.42 Å². The molecule has 25 heavy (non-hydrogen) atoms. The van der Waals surface area contributed by atoms with Crippen molar-refractivity contribution in [3.05, 3.63) is 54.0 Å². The third-order valence-electron chi connectivity index (χ3n) is 3.37. The zero-order valence-electron chi connectivity index (χ0n) is 12.9. The molecule has 0 fully saturated rings. The van der Waals surface area contributed by atoms with Crippen molar-refractivity contribution >= 4 is 17.6 Å². The number of furan rings is 1. The molecule has 0 unspecified atom stereocenters. The number of rotatable bonds is 7. The Kier molecular flexibility index (Phi) is 5.81. The maximum atomic E-state index is 12.6. The highest BCUT2D eigenvalue weighted by Crippen LogP contribution is 2.30. The second-order valence-corrected chi connectivity index (χ2v) is 5.28. The number of aliphatic carboxylic acids is 1. The first kappa shape index (κ1) is 18.5. The first-order chi connectivity index (χ1) is 11.8. The second kappa shape index (κ2) is 7.84.